The highest BCUT2D eigenvalue weighted by atomic mass is 16.5. The normalized spacial score (nSPS) is 22.3. The third kappa shape index (κ3) is 2.70. The number of urea groups is 1. The van der Waals surface area contributed by atoms with Crippen LogP contribution in [0.4, 0.5) is 16.2 Å². The van der Waals surface area contributed by atoms with Crippen molar-refractivity contribution in [3.8, 4) is 0 Å². The van der Waals surface area contributed by atoms with Gasteiger partial charge in [0.2, 0.25) is 0 Å². The van der Waals surface area contributed by atoms with Crippen molar-refractivity contribution in [3.63, 3.8) is 0 Å². The highest BCUT2D eigenvalue weighted by Gasteiger charge is 2.51. The zero-order valence-electron chi connectivity index (χ0n) is 15.5. The summed E-state index contributed by atoms with van der Waals surface area (Å²) < 4.78 is 9.97. The molecule has 0 spiro atoms. The highest BCUT2D eigenvalue weighted by molar-refractivity contribution is 6.07. The van der Waals surface area contributed by atoms with E-state index < -0.39 is 29.8 Å². The van der Waals surface area contributed by atoms with Crippen LogP contribution < -0.4 is 10.2 Å². The number of para-hydroxylation sites is 2. The van der Waals surface area contributed by atoms with Crippen molar-refractivity contribution in [1.82, 2.24) is 0 Å². The van der Waals surface area contributed by atoms with Gasteiger partial charge in [0.05, 0.1) is 32.6 Å². The van der Waals surface area contributed by atoms with E-state index in [0.717, 1.165) is 11.1 Å². The van der Waals surface area contributed by atoms with Gasteiger partial charge in [0.25, 0.3) is 0 Å². The Labute approximate surface area is 162 Å². The molecule has 2 heterocycles. The predicted octanol–water partition coefficient (Wildman–Crippen LogP) is 3.23. The number of anilines is 2. The van der Waals surface area contributed by atoms with E-state index in [1.807, 2.05) is 42.5 Å². The molecule has 144 valence electrons. The quantitative estimate of drug-likeness (QED) is 0.827. The molecule has 0 fully saturated rings. The molecule has 28 heavy (non-hydrogen) atoms. The molecule has 0 aromatic heterocycles. The Morgan fingerprint density at radius 1 is 1.00 bits per heavy atom. The summed E-state index contributed by atoms with van der Waals surface area (Å²) in [6.45, 7) is 0. The smallest absolute Gasteiger partial charge is 0.326 e. The van der Waals surface area contributed by atoms with E-state index in [-0.39, 0.29) is 12.5 Å². The van der Waals surface area contributed by atoms with E-state index in [9.17, 15) is 14.4 Å². The molecule has 2 aromatic rings. The number of hydrogen-bond donors (Lipinski definition) is 1. The summed E-state index contributed by atoms with van der Waals surface area (Å²) in [6.07, 6.45) is 0.0153. The van der Waals surface area contributed by atoms with Crippen LogP contribution in [0.2, 0.25) is 0 Å². The predicted molar refractivity (Wildman–Crippen MR) is 102 cm³/mol. The van der Waals surface area contributed by atoms with Crippen LogP contribution in [0.3, 0.4) is 0 Å². The van der Waals surface area contributed by atoms with Gasteiger partial charge >= 0.3 is 18.0 Å². The van der Waals surface area contributed by atoms with E-state index in [2.05, 4.69) is 5.32 Å². The number of hydrogen-bond acceptors (Lipinski definition) is 5. The van der Waals surface area contributed by atoms with Gasteiger partial charge in [-0.25, -0.2) is 4.79 Å². The van der Waals surface area contributed by atoms with Crippen LogP contribution in [-0.2, 0) is 19.1 Å². The summed E-state index contributed by atoms with van der Waals surface area (Å²) >= 11 is 0. The molecule has 4 rings (SSSR count). The maximum absolute atomic E-state index is 13.0. The third-order valence-electron chi connectivity index (χ3n) is 5.48. The molecule has 0 bridgehead atoms. The Balaban J connectivity index is 1.96. The minimum Gasteiger partial charge on any atom is -0.469 e. The first kappa shape index (κ1) is 18.0. The molecule has 2 aromatic carbocycles. The molecule has 3 atom stereocenters. The zero-order valence-corrected chi connectivity index (χ0v) is 15.5. The topological polar surface area (TPSA) is 84.9 Å². The minimum atomic E-state index is -0.744. The van der Waals surface area contributed by atoms with Crippen molar-refractivity contribution in [2.75, 3.05) is 24.4 Å². The molecule has 0 saturated heterocycles. The number of fused-ring (bicyclic) bond motifs is 5. The van der Waals surface area contributed by atoms with Crippen molar-refractivity contribution in [2.45, 2.75) is 18.4 Å². The summed E-state index contributed by atoms with van der Waals surface area (Å²) in [5, 5.41) is 2.89. The number of nitrogens with one attached hydrogen (secondary N) is 1. The summed E-state index contributed by atoms with van der Waals surface area (Å²) in [7, 11) is 2.64. The monoisotopic (exact) mass is 380 g/mol. The molecule has 0 aliphatic carbocycles. The van der Waals surface area contributed by atoms with Gasteiger partial charge in [0, 0.05) is 17.3 Å². The number of methoxy groups -OCH3 is 2. The Morgan fingerprint density at radius 2 is 1.68 bits per heavy atom. The standard InChI is InChI=1S/C21H20N2O5/c1-27-17(24)11-14-12-7-4-6-10-16(12)23-19(18(14)20(25)28-2)13-8-3-5-9-15(13)22-21(23)26/h3-10,14,18-19H,11H2,1-2H3,(H,22,26)/t14-,18-,19+/m0/s1. The Morgan fingerprint density at radius 3 is 2.39 bits per heavy atom. The van der Waals surface area contributed by atoms with Gasteiger partial charge in [-0.2, -0.15) is 0 Å². The number of carbonyl (C=O) groups excluding carboxylic acids is 3. The van der Waals surface area contributed by atoms with Crippen molar-refractivity contribution in [3.05, 3.63) is 59.7 Å². The highest BCUT2D eigenvalue weighted by Crippen LogP contribution is 2.53. The molecule has 7 heteroatoms. The van der Waals surface area contributed by atoms with Crippen LogP contribution in [-0.4, -0.2) is 32.2 Å². The van der Waals surface area contributed by atoms with Crippen LogP contribution >= 0.6 is 0 Å². The molecule has 2 aliphatic rings. The fraction of sp³-hybridized carbons (Fsp3) is 0.286. The fourth-order valence-electron chi connectivity index (χ4n) is 4.29. The number of benzene rings is 2. The Hall–Kier alpha value is -3.35. The van der Waals surface area contributed by atoms with Crippen LogP contribution in [0.15, 0.2) is 48.5 Å². The number of amides is 2. The van der Waals surface area contributed by atoms with E-state index in [4.69, 9.17) is 9.47 Å². The van der Waals surface area contributed by atoms with Crippen molar-refractivity contribution in [2.24, 2.45) is 5.92 Å². The summed E-state index contributed by atoms with van der Waals surface area (Å²) in [5.74, 6) is -2.11. The van der Waals surface area contributed by atoms with Gasteiger partial charge in [-0.05, 0) is 23.3 Å². The second-order valence-corrected chi connectivity index (χ2v) is 6.83. The van der Waals surface area contributed by atoms with Crippen LogP contribution in [0.5, 0.6) is 0 Å². The SMILES string of the molecule is COC(=O)C[C@H]1c2ccccc2N2C(=O)Nc3ccccc3[C@@H]2[C@H]1C(=O)OC. The summed E-state index contributed by atoms with van der Waals surface area (Å²) in [5.41, 5.74) is 2.88. The molecule has 1 N–H and O–H groups in total. The molecular formula is C21H20N2O5. The van der Waals surface area contributed by atoms with Gasteiger partial charge in [-0.3, -0.25) is 14.5 Å². The lowest BCUT2D eigenvalue weighted by Gasteiger charge is -2.47. The Kier molecular flexibility index (Phi) is 4.50. The number of nitrogens with zero attached hydrogens (tertiary/aromatic N) is 1. The maximum Gasteiger partial charge on any atom is 0.326 e. The first-order chi connectivity index (χ1) is 13.6. The molecule has 0 saturated carbocycles. The van der Waals surface area contributed by atoms with Crippen LogP contribution in [0.25, 0.3) is 0 Å². The van der Waals surface area contributed by atoms with Crippen LogP contribution in [0.1, 0.15) is 29.5 Å². The van der Waals surface area contributed by atoms with Gasteiger partial charge in [-0.1, -0.05) is 36.4 Å². The van der Waals surface area contributed by atoms with E-state index in [1.165, 1.54) is 14.2 Å². The third-order valence-corrected chi connectivity index (χ3v) is 5.48. The second kappa shape index (κ2) is 6.99. The fourth-order valence-corrected chi connectivity index (χ4v) is 4.29. The van der Waals surface area contributed by atoms with E-state index >= 15 is 0 Å². The van der Waals surface area contributed by atoms with Crippen molar-refractivity contribution in [1.29, 1.82) is 0 Å². The second-order valence-electron chi connectivity index (χ2n) is 6.83. The van der Waals surface area contributed by atoms with Gasteiger partial charge < -0.3 is 14.8 Å². The lowest BCUT2D eigenvalue weighted by molar-refractivity contribution is -0.148. The largest absolute Gasteiger partial charge is 0.469 e. The maximum atomic E-state index is 13.0. The number of ether oxygens (including phenoxy) is 2. The summed E-state index contributed by atoms with van der Waals surface area (Å²) in [4.78, 5) is 39.6. The van der Waals surface area contributed by atoms with Crippen LogP contribution in [0, 0.1) is 5.92 Å². The number of esters is 2. The number of carbonyl (C=O) groups is 3. The zero-order chi connectivity index (χ0) is 19.8. The molecular weight excluding hydrogens is 360 g/mol. The average Bonchev–Trinajstić information content (AvgIpc) is 2.72. The summed E-state index contributed by atoms with van der Waals surface area (Å²) in [6, 6.07) is 13.8. The average molecular weight is 380 g/mol. The first-order valence-electron chi connectivity index (χ1n) is 8.99. The van der Waals surface area contributed by atoms with E-state index in [1.54, 1.807) is 11.0 Å². The van der Waals surface area contributed by atoms with Crippen molar-refractivity contribution < 1.29 is 23.9 Å². The lowest BCUT2D eigenvalue weighted by Crippen LogP contribution is -2.52. The van der Waals surface area contributed by atoms with Gasteiger partial charge in [0.1, 0.15) is 0 Å². The van der Waals surface area contributed by atoms with Crippen molar-refractivity contribution >= 4 is 29.3 Å². The molecule has 7 nitrogen and oxygen atoms in total. The number of rotatable bonds is 3. The first-order valence-corrected chi connectivity index (χ1v) is 8.99. The lowest BCUT2D eigenvalue weighted by atomic mass is 9.72. The molecule has 0 radical (unpaired) electrons. The Bertz CT molecular complexity index is 957. The molecule has 2 amide bonds. The molecule has 0 unspecified atom stereocenters. The van der Waals surface area contributed by atoms with Gasteiger partial charge in [0.15, 0.2) is 0 Å². The molecule has 2 aliphatic heterocycles. The van der Waals surface area contributed by atoms with Gasteiger partial charge in [-0.15, -0.1) is 0 Å². The minimum absolute atomic E-state index is 0.0153. The van der Waals surface area contributed by atoms with E-state index in [0.29, 0.717) is 11.4 Å².